The molecule has 1 aliphatic rings. The van der Waals surface area contributed by atoms with Gasteiger partial charge in [0.2, 0.25) is 0 Å². The zero-order chi connectivity index (χ0) is 31.9. The molecular weight excluding hydrogens is 561 g/mol. The van der Waals surface area contributed by atoms with Crippen LogP contribution in [0.25, 0.3) is 11.1 Å². The summed E-state index contributed by atoms with van der Waals surface area (Å²) in [5.74, 6) is 0.455. The zero-order valence-corrected chi connectivity index (χ0v) is 26.7. The molecule has 1 aliphatic heterocycles. The van der Waals surface area contributed by atoms with Crippen LogP contribution >= 0.6 is 0 Å². The Morgan fingerprint density at radius 1 is 0.977 bits per heavy atom. The molecule has 1 saturated heterocycles. The number of aryl methyl sites for hydroxylation is 3. The normalized spacial score (nSPS) is 14.8. The van der Waals surface area contributed by atoms with Gasteiger partial charge < -0.3 is 23.8 Å². The van der Waals surface area contributed by atoms with E-state index in [1.165, 1.54) is 6.07 Å². The highest BCUT2D eigenvalue weighted by Crippen LogP contribution is 2.32. The summed E-state index contributed by atoms with van der Waals surface area (Å²) < 4.78 is 37.2. The second-order valence-corrected chi connectivity index (χ2v) is 12.3. The summed E-state index contributed by atoms with van der Waals surface area (Å²) in [4.78, 5) is 26.0. The van der Waals surface area contributed by atoms with Crippen molar-refractivity contribution in [3.05, 3.63) is 82.7 Å². The third-order valence-corrected chi connectivity index (χ3v) is 7.50. The molecule has 1 amide bonds. The van der Waals surface area contributed by atoms with E-state index in [-0.39, 0.29) is 37.6 Å². The van der Waals surface area contributed by atoms with Gasteiger partial charge in [-0.1, -0.05) is 24.3 Å². The number of carbonyl (C=O) groups is 2. The van der Waals surface area contributed by atoms with Crippen molar-refractivity contribution in [1.29, 1.82) is 0 Å². The molecule has 0 radical (unpaired) electrons. The van der Waals surface area contributed by atoms with Crippen LogP contribution in [0.1, 0.15) is 69.2 Å². The number of benzene rings is 3. The Labute approximate surface area is 260 Å². The lowest BCUT2D eigenvalue weighted by molar-refractivity contribution is -0.143. The topological polar surface area (TPSA) is 74.3 Å². The Hall–Kier alpha value is -4.07. The van der Waals surface area contributed by atoms with Gasteiger partial charge in [-0.05, 0) is 118 Å². The van der Waals surface area contributed by atoms with Crippen molar-refractivity contribution in [2.75, 3.05) is 19.8 Å². The van der Waals surface area contributed by atoms with E-state index in [2.05, 4.69) is 26.0 Å². The van der Waals surface area contributed by atoms with Crippen molar-refractivity contribution in [3.63, 3.8) is 0 Å². The van der Waals surface area contributed by atoms with Crippen LogP contribution in [0.4, 0.5) is 9.18 Å². The minimum atomic E-state index is -0.532. The first kappa shape index (κ1) is 32.8. The molecule has 0 spiro atoms. The van der Waals surface area contributed by atoms with Gasteiger partial charge in [-0.25, -0.2) is 9.18 Å². The standard InChI is InChI=1S/C36H44FNO6/c1-7-41-33(39)16-14-27-13-15-30(21-32(27)37)42-22-26-10-8-11-28(20-26)34-24(2)18-31(19-25(34)3)43-23-29-12-9-17-38(29)35(40)44-36(4,5)6/h8,10-11,13,15,18-21,29H,7,9,12,14,16-17,22-23H2,1-6H3/t29-/m0/s1. The van der Waals surface area contributed by atoms with Crippen LogP contribution in [-0.2, 0) is 27.3 Å². The average Bonchev–Trinajstić information content (AvgIpc) is 3.43. The summed E-state index contributed by atoms with van der Waals surface area (Å²) in [6, 6.07) is 16.9. The Kier molecular flexibility index (Phi) is 10.9. The predicted octanol–water partition coefficient (Wildman–Crippen LogP) is 7.96. The first-order valence-electron chi connectivity index (χ1n) is 15.3. The fourth-order valence-corrected chi connectivity index (χ4v) is 5.50. The number of amides is 1. The number of esters is 1. The molecule has 44 heavy (non-hydrogen) atoms. The van der Waals surface area contributed by atoms with Crippen LogP contribution in [0, 0.1) is 19.7 Å². The van der Waals surface area contributed by atoms with Crippen molar-refractivity contribution >= 4 is 12.1 Å². The molecule has 0 N–H and O–H groups in total. The predicted molar refractivity (Wildman–Crippen MR) is 168 cm³/mol. The molecule has 236 valence electrons. The molecule has 0 bridgehead atoms. The van der Waals surface area contributed by atoms with Gasteiger partial charge in [-0.3, -0.25) is 4.79 Å². The molecular formula is C36H44FNO6. The van der Waals surface area contributed by atoms with Gasteiger partial charge in [0.25, 0.3) is 0 Å². The van der Waals surface area contributed by atoms with Crippen molar-refractivity contribution in [1.82, 2.24) is 4.90 Å². The number of carbonyl (C=O) groups excluding carboxylic acids is 2. The molecule has 1 atom stereocenters. The Morgan fingerprint density at radius 2 is 1.73 bits per heavy atom. The molecule has 1 heterocycles. The highest BCUT2D eigenvalue weighted by Gasteiger charge is 2.32. The Bertz CT molecular complexity index is 1440. The summed E-state index contributed by atoms with van der Waals surface area (Å²) in [6.45, 7) is 13.2. The van der Waals surface area contributed by atoms with Crippen LogP contribution in [0.3, 0.4) is 0 Å². The van der Waals surface area contributed by atoms with E-state index in [4.69, 9.17) is 18.9 Å². The van der Waals surface area contributed by atoms with Crippen LogP contribution in [-0.4, -0.2) is 48.4 Å². The Balaban J connectivity index is 1.37. The molecule has 8 heteroatoms. The van der Waals surface area contributed by atoms with Crippen molar-refractivity contribution in [2.24, 2.45) is 0 Å². The third-order valence-electron chi connectivity index (χ3n) is 7.50. The van der Waals surface area contributed by atoms with Gasteiger partial charge in [-0.15, -0.1) is 0 Å². The summed E-state index contributed by atoms with van der Waals surface area (Å²) in [6.07, 6.45) is 1.94. The minimum Gasteiger partial charge on any atom is -0.491 e. The Morgan fingerprint density at radius 3 is 2.41 bits per heavy atom. The monoisotopic (exact) mass is 605 g/mol. The fraction of sp³-hybridized carbons (Fsp3) is 0.444. The van der Waals surface area contributed by atoms with E-state index in [1.807, 2.05) is 45.0 Å². The summed E-state index contributed by atoms with van der Waals surface area (Å²) in [5.41, 5.74) is 5.21. The first-order chi connectivity index (χ1) is 20.9. The number of hydrogen-bond donors (Lipinski definition) is 0. The summed E-state index contributed by atoms with van der Waals surface area (Å²) in [5, 5.41) is 0. The number of hydrogen-bond acceptors (Lipinski definition) is 6. The quantitative estimate of drug-likeness (QED) is 0.207. The number of ether oxygens (including phenoxy) is 4. The molecule has 0 aliphatic carbocycles. The summed E-state index contributed by atoms with van der Waals surface area (Å²) >= 11 is 0. The van der Waals surface area contributed by atoms with Crippen molar-refractivity contribution in [2.45, 2.75) is 85.5 Å². The second kappa shape index (κ2) is 14.6. The lowest BCUT2D eigenvalue weighted by atomic mass is 9.94. The maximum Gasteiger partial charge on any atom is 0.410 e. The lowest BCUT2D eigenvalue weighted by Crippen LogP contribution is -2.42. The van der Waals surface area contributed by atoms with Crippen LogP contribution in [0.5, 0.6) is 11.5 Å². The van der Waals surface area contributed by atoms with Crippen LogP contribution in [0.2, 0.25) is 0 Å². The number of rotatable bonds is 11. The second-order valence-electron chi connectivity index (χ2n) is 12.3. The van der Waals surface area contributed by atoms with E-state index in [0.29, 0.717) is 31.1 Å². The molecule has 0 saturated carbocycles. The molecule has 3 aromatic rings. The van der Waals surface area contributed by atoms with E-state index < -0.39 is 11.4 Å². The fourth-order valence-electron chi connectivity index (χ4n) is 5.50. The van der Waals surface area contributed by atoms with Crippen molar-refractivity contribution in [3.8, 4) is 22.6 Å². The molecule has 4 rings (SSSR count). The van der Waals surface area contributed by atoms with E-state index in [9.17, 15) is 14.0 Å². The number of likely N-dealkylation sites (tertiary alicyclic amines) is 1. The zero-order valence-electron chi connectivity index (χ0n) is 26.7. The van der Waals surface area contributed by atoms with E-state index in [1.54, 1.807) is 24.0 Å². The van der Waals surface area contributed by atoms with Gasteiger partial charge in [0.05, 0.1) is 12.6 Å². The molecule has 1 fully saturated rings. The minimum absolute atomic E-state index is 0.0175. The van der Waals surface area contributed by atoms with Gasteiger partial charge in [0, 0.05) is 19.0 Å². The first-order valence-corrected chi connectivity index (χ1v) is 15.3. The smallest absolute Gasteiger partial charge is 0.410 e. The molecule has 0 unspecified atom stereocenters. The van der Waals surface area contributed by atoms with Crippen LogP contribution < -0.4 is 9.47 Å². The molecule has 0 aromatic heterocycles. The average molecular weight is 606 g/mol. The van der Waals surface area contributed by atoms with E-state index in [0.717, 1.165) is 46.4 Å². The molecule has 7 nitrogen and oxygen atoms in total. The van der Waals surface area contributed by atoms with Gasteiger partial charge >= 0.3 is 12.1 Å². The van der Waals surface area contributed by atoms with Gasteiger partial charge in [0.1, 0.15) is 36.1 Å². The highest BCUT2D eigenvalue weighted by molar-refractivity contribution is 5.72. The van der Waals surface area contributed by atoms with Gasteiger partial charge in [0.15, 0.2) is 0 Å². The SMILES string of the molecule is CCOC(=O)CCc1ccc(OCc2cccc(-c3c(C)cc(OC[C@@H]4CCCN4C(=O)OC(C)(C)C)cc3C)c2)cc1F. The lowest BCUT2D eigenvalue weighted by Gasteiger charge is -2.28. The van der Waals surface area contributed by atoms with Crippen molar-refractivity contribution < 1.29 is 32.9 Å². The maximum absolute atomic E-state index is 14.6. The summed E-state index contributed by atoms with van der Waals surface area (Å²) in [7, 11) is 0. The van der Waals surface area contributed by atoms with E-state index >= 15 is 0 Å². The maximum atomic E-state index is 14.6. The number of nitrogens with zero attached hydrogens (tertiary/aromatic N) is 1. The molecule has 3 aromatic carbocycles. The highest BCUT2D eigenvalue weighted by atomic mass is 19.1. The third kappa shape index (κ3) is 8.97. The van der Waals surface area contributed by atoms with Crippen LogP contribution in [0.15, 0.2) is 54.6 Å². The largest absolute Gasteiger partial charge is 0.491 e. The number of halogens is 1. The van der Waals surface area contributed by atoms with Gasteiger partial charge in [-0.2, -0.15) is 0 Å².